The summed E-state index contributed by atoms with van der Waals surface area (Å²) in [6.07, 6.45) is -3.36. The number of hydrogen-bond donors (Lipinski definition) is 2. The molecule has 0 aliphatic heterocycles. The molecule has 0 radical (unpaired) electrons. The van der Waals surface area contributed by atoms with Gasteiger partial charge in [0, 0.05) is 22.9 Å². The Kier molecular flexibility index (Phi) is 4.55. The summed E-state index contributed by atoms with van der Waals surface area (Å²) in [6.45, 7) is 0. The number of benzene rings is 1. The second-order valence-electron chi connectivity index (χ2n) is 3.39. The molecule has 0 spiro atoms. The maximum atomic E-state index is 12.5. The molecule has 0 heterocycles. The van der Waals surface area contributed by atoms with Gasteiger partial charge in [-0.25, -0.2) is 4.79 Å². The maximum Gasteiger partial charge on any atom is 0.416 e. The predicted molar refractivity (Wildman–Crippen MR) is 61.9 cm³/mol. The molecule has 0 saturated heterocycles. The molecule has 0 atom stereocenters. The molecule has 19 heavy (non-hydrogen) atoms. The lowest BCUT2D eigenvalue weighted by atomic mass is 10.2. The van der Waals surface area contributed by atoms with Gasteiger partial charge in [-0.05, 0) is 18.2 Å². The highest BCUT2D eigenvalue weighted by molar-refractivity contribution is 6.31. The molecular formula is C11H7ClF3NO3. The smallest absolute Gasteiger partial charge is 0.416 e. The highest BCUT2D eigenvalue weighted by Crippen LogP contribution is 2.33. The van der Waals surface area contributed by atoms with Crippen molar-refractivity contribution in [3.63, 3.8) is 0 Å². The third-order valence-electron chi connectivity index (χ3n) is 1.87. The molecule has 1 rings (SSSR count). The first-order chi connectivity index (χ1) is 8.68. The number of nitrogens with one attached hydrogen (secondary N) is 1. The van der Waals surface area contributed by atoms with Gasteiger partial charge in [0.2, 0.25) is 5.91 Å². The van der Waals surface area contributed by atoms with Crippen LogP contribution in [0.3, 0.4) is 0 Å². The van der Waals surface area contributed by atoms with Crippen molar-refractivity contribution < 1.29 is 27.9 Å². The molecule has 1 aromatic rings. The normalized spacial score (nSPS) is 11.6. The zero-order chi connectivity index (χ0) is 14.6. The summed E-state index contributed by atoms with van der Waals surface area (Å²) in [5, 5.41) is 10.2. The molecule has 0 unspecified atom stereocenters. The zero-order valence-corrected chi connectivity index (χ0v) is 9.92. The predicted octanol–water partition coefficient (Wildman–Crippen LogP) is 2.94. The largest absolute Gasteiger partial charge is 0.478 e. The van der Waals surface area contributed by atoms with Gasteiger partial charge in [0.1, 0.15) is 0 Å². The van der Waals surface area contributed by atoms with E-state index >= 15 is 0 Å². The van der Waals surface area contributed by atoms with Crippen molar-refractivity contribution >= 4 is 29.2 Å². The number of carboxylic acid groups (broad SMARTS) is 1. The molecule has 0 bridgehead atoms. The molecule has 4 nitrogen and oxygen atoms in total. The van der Waals surface area contributed by atoms with E-state index in [9.17, 15) is 22.8 Å². The standard InChI is InChI=1S/C11H7ClF3NO3/c12-7-3-6(11(13,14)15)4-8(5-7)16-9(17)1-2-10(18)19/h1-5H,(H,16,17)(H,18,19)/b2-1+. The van der Waals surface area contributed by atoms with Gasteiger partial charge in [-0.1, -0.05) is 11.6 Å². The number of carbonyl (C=O) groups is 2. The summed E-state index contributed by atoms with van der Waals surface area (Å²) in [6, 6.07) is 2.52. The molecule has 0 fully saturated rings. The number of alkyl halides is 3. The Morgan fingerprint density at radius 1 is 1.21 bits per heavy atom. The Labute approximate surface area is 110 Å². The maximum absolute atomic E-state index is 12.5. The number of hydrogen-bond acceptors (Lipinski definition) is 2. The van der Waals surface area contributed by atoms with Crippen molar-refractivity contribution in [2.45, 2.75) is 6.18 Å². The molecule has 0 aliphatic rings. The third kappa shape index (κ3) is 5.01. The van der Waals surface area contributed by atoms with Crippen molar-refractivity contribution in [2.24, 2.45) is 0 Å². The fourth-order valence-corrected chi connectivity index (χ4v) is 1.39. The first-order valence-corrected chi connectivity index (χ1v) is 5.16. The summed E-state index contributed by atoms with van der Waals surface area (Å²) < 4.78 is 37.4. The van der Waals surface area contributed by atoms with Crippen LogP contribution in [0.2, 0.25) is 5.02 Å². The van der Waals surface area contributed by atoms with E-state index in [1.807, 2.05) is 0 Å². The molecule has 1 aromatic carbocycles. The number of amides is 1. The van der Waals surface area contributed by atoms with Crippen LogP contribution in [0.4, 0.5) is 18.9 Å². The highest BCUT2D eigenvalue weighted by Gasteiger charge is 2.31. The fraction of sp³-hybridized carbons (Fsp3) is 0.0909. The highest BCUT2D eigenvalue weighted by atomic mass is 35.5. The Balaban J connectivity index is 2.93. The van der Waals surface area contributed by atoms with Crippen LogP contribution in [-0.2, 0) is 15.8 Å². The average molecular weight is 294 g/mol. The Hall–Kier alpha value is -2.02. The average Bonchev–Trinajstić information content (AvgIpc) is 2.24. The summed E-state index contributed by atoms with van der Waals surface area (Å²) in [5.41, 5.74) is -1.20. The van der Waals surface area contributed by atoms with Crippen LogP contribution in [0.25, 0.3) is 0 Å². The molecule has 1 amide bonds. The van der Waals surface area contributed by atoms with E-state index in [0.717, 1.165) is 6.07 Å². The topological polar surface area (TPSA) is 66.4 Å². The third-order valence-corrected chi connectivity index (χ3v) is 2.09. The van der Waals surface area contributed by atoms with E-state index in [1.54, 1.807) is 0 Å². The van der Waals surface area contributed by atoms with E-state index in [1.165, 1.54) is 0 Å². The van der Waals surface area contributed by atoms with Crippen LogP contribution < -0.4 is 5.32 Å². The van der Waals surface area contributed by atoms with Crippen molar-refractivity contribution in [2.75, 3.05) is 5.32 Å². The quantitative estimate of drug-likeness (QED) is 0.842. The van der Waals surface area contributed by atoms with E-state index in [-0.39, 0.29) is 10.7 Å². The molecule has 0 saturated carbocycles. The number of rotatable bonds is 3. The number of carboxylic acids is 1. The zero-order valence-electron chi connectivity index (χ0n) is 9.16. The summed E-state index contributed by atoms with van der Waals surface area (Å²) in [4.78, 5) is 21.4. The van der Waals surface area contributed by atoms with Crippen LogP contribution in [-0.4, -0.2) is 17.0 Å². The Morgan fingerprint density at radius 3 is 2.37 bits per heavy atom. The SMILES string of the molecule is O=C(O)/C=C/C(=O)Nc1cc(Cl)cc(C(F)(F)F)c1. The number of aliphatic carboxylic acids is 1. The van der Waals surface area contributed by atoms with Gasteiger partial charge < -0.3 is 10.4 Å². The van der Waals surface area contributed by atoms with Gasteiger partial charge >= 0.3 is 12.1 Å². The van der Waals surface area contributed by atoms with Crippen molar-refractivity contribution in [1.29, 1.82) is 0 Å². The van der Waals surface area contributed by atoms with Gasteiger partial charge in [0.05, 0.1) is 5.56 Å². The van der Waals surface area contributed by atoms with E-state index in [2.05, 4.69) is 5.32 Å². The van der Waals surface area contributed by atoms with Gasteiger partial charge in [0.25, 0.3) is 0 Å². The van der Waals surface area contributed by atoms with E-state index in [4.69, 9.17) is 16.7 Å². The van der Waals surface area contributed by atoms with Gasteiger partial charge in [-0.2, -0.15) is 13.2 Å². The second-order valence-corrected chi connectivity index (χ2v) is 3.82. The van der Waals surface area contributed by atoms with Crippen molar-refractivity contribution in [3.05, 3.63) is 40.9 Å². The van der Waals surface area contributed by atoms with Gasteiger partial charge in [0.15, 0.2) is 0 Å². The Morgan fingerprint density at radius 2 is 1.84 bits per heavy atom. The first kappa shape index (κ1) is 15.0. The molecular weight excluding hydrogens is 287 g/mol. The fourth-order valence-electron chi connectivity index (χ4n) is 1.16. The van der Waals surface area contributed by atoms with Crippen LogP contribution >= 0.6 is 11.6 Å². The molecule has 2 N–H and O–H groups in total. The lowest BCUT2D eigenvalue weighted by Crippen LogP contribution is -2.11. The molecule has 0 aliphatic carbocycles. The summed E-state index contributed by atoms with van der Waals surface area (Å²) in [7, 11) is 0. The van der Waals surface area contributed by atoms with Crippen molar-refractivity contribution in [3.8, 4) is 0 Å². The lowest BCUT2D eigenvalue weighted by molar-refractivity contribution is -0.137. The number of anilines is 1. The van der Waals surface area contributed by atoms with Crippen molar-refractivity contribution in [1.82, 2.24) is 0 Å². The van der Waals surface area contributed by atoms with Gasteiger partial charge in [-0.3, -0.25) is 4.79 Å². The molecule has 8 heteroatoms. The second kappa shape index (κ2) is 5.75. The van der Waals surface area contributed by atoms with E-state index in [0.29, 0.717) is 24.3 Å². The van der Waals surface area contributed by atoms with Gasteiger partial charge in [-0.15, -0.1) is 0 Å². The summed E-state index contributed by atoms with van der Waals surface area (Å²) in [5.74, 6) is -2.23. The molecule has 0 aromatic heterocycles. The minimum Gasteiger partial charge on any atom is -0.478 e. The minimum atomic E-state index is -4.60. The Bertz CT molecular complexity index is 540. The van der Waals surface area contributed by atoms with Crippen LogP contribution in [0.1, 0.15) is 5.56 Å². The van der Waals surface area contributed by atoms with Crippen LogP contribution in [0, 0.1) is 0 Å². The van der Waals surface area contributed by atoms with Crippen LogP contribution in [0.5, 0.6) is 0 Å². The van der Waals surface area contributed by atoms with Crippen LogP contribution in [0.15, 0.2) is 30.4 Å². The lowest BCUT2D eigenvalue weighted by Gasteiger charge is -2.10. The number of carbonyl (C=O) groups excluding carboxylic acids is 1. The minimum absolute atomic E-state index is 0.181. The first-order valence-electron chi connectivity index (χ1n) is 4.78. The van der Waals surface area contributed by atoms with E-state index < -0.39 is 23.6 Å². The summed E-state index contributed by atoms with van der Waals surface area (Å²) >= 11 is 5.50. The molecule has 102 valence electrons. The monoisotopic (exact) mass is 293 g/mol. The number of halogens is 4.